The third kappa shape index (κ3) is 10.8. The van der Waals surface area contributed by atoms with Crippen molar-refractivity contribution in [3.8, 4) is 0 Å². The summed E-state index contributed by atoms with van der Waals surface area (Å²) < 4.78 is 5.36. The molecule has 0 saturated heterocycles. The Morgan fingerprint density at radius 1 is 0.972 bits per heavy atom. The number of amides is 3. The maximum Gasteiger partial charge on any atom is 0.408 e. The highest BCUT2D eigenvalue weighted by Crippen LogP contribution is 2.27. The molecule has 3 atom stereocenters. The zero-order valence-corrected chi connectivity index (χ0v) is 22.0. The Morgan fingerprint density at radius 3 is 2.25 bits per heavy atom. The minimum Gasteiger partial charge on any atom is -0.445 e. The Labute approximate surface area is 215 Å². The Hall–Kier alpha value is -2.90. The number of carbonyl (C=O) groups is 4. The first-order valence-electron chi connectivity index (χ1n) is 13.4. The molecule has 200 valence electrons. The van der Waals surface area contributed by atoms with Crippen molar-refractivity contribution in [2.24, 2.45) is 11.8 Å². The molecule has 2 unspecified atom stereocenters. The summed E-state index contributed by atoms with van der Waals surface area (Å²) in [7, 11) is 0. The first-order valence-corrected chi connectivity index (χ1v) is 13.4. The number of hydrogen-bond acceptors (Lipinski definition) is 5. The molecule has 3 N–H and O–H groups in total. The molecule has 0 heterocycles. The fraction of sp³-hybridized carbons (Fsp3) is 0.643. The molecule has 1 saturated carbocycles. The van der Waals surface area contributed by atoms with E-state index in [0.29, 0.717) is 25.2 Å². The summed E-state index contributed by atoms with van der Waals surface area (Å²) in [5, 5.41) is 8.34. The lowest BCUT2D eigenvalue weighted by Crippen LogP contribution is -2.55. The van der Waals surface area contributed by atoms with Crippen molar-refractivity contribution in [2.75, 3.05) is 0 Å². The second kappa shape index (κ2) is 16.0. The number of nitrogens with one attached hydrogen (secondary N) is 3. The molecule has 2 rings (SSSR count). The van der Waals surface area contributed by atoms with Crippen molar-refractivity contribution >= 4 is 24.2 Å². The summed E-state index contributed by atoms with van der Waals surface area (Å²) in [6.07, 6.45) is 7.71. The molecule has 0 bridgehead atoms. The molecule has 0 aromatic heterocycles. The van der Waals surface area contributed by atoms with Gasteiger partial charge in [0, 0.05) is 0 Å². The van der Waals surface area contributed by atoms with Crippen LogP contribution in [0.25, 0.3) is 0 Å². The van der Waals surface area contributed by atoms with Gasteiger partial charge in [0.1, 0.15) is 25.0 Å². The quantitative estimate of drug-likeness (QED) is 0.330. The fourth-order valence-corrected chi connectivity index (χ4v) is 4.64. The standard InChI is InChI=1S/C28H43N3O5/c1-4-11-23(18-32)29-26(33)24(16-20(2)3)30-27(34)25(17-21-12-7-5-8-13-21)31-28(35)36-19-22-14-9-6-10-15-22/h6,9-10,14-15,18,20-21,23-25H,4-5,7-8,11-13,16-17,19H2,1-3H3,(H,29,33)(H,30,34)(H,31,35)/t23?,24-,25?/m0/s1. The van der Waals surface area contributed by atoms with Crippen LogP contribution < -0.4 is 16.0 Å². The number of rotatable bonds is 14. The zero-order valence-electron chi connectivity index (χ0n) is 22.0. The van der Waals surface area contributed by atoms with E-state index in [1.54, 1.807) is 0 Å². The molecule has 1 aromatic carbocycles. The van der Waals surface area contributed by atoms with Gasteiger partial charge in [-0.15, -0.1) is 0 Å². The van der Waals surface area contributed by atoms with E-state index >= 15 is 0 Å². The second-order valence-electron chi connectivity index (χ2n) is 10.2. The van der Waals surface area contributed by atoms with Crippen LogP contribution in [-0.2, 0) is 25.7 Å². The van der Waals surface area contributed by atoms with Gasteiger partial charge in [-0.2, -0.15) is 0 Å². The lowest BCUT2D eigenvalue weighted by atomic mass is 9.84. The van der Waals surface area contributed by atoms with Crippen LogP contribution in [0.15, 0.2) is 30.3 Å². The van der Waals surface area contributed by atoms with Gasteiger partial charge in [-0.3, -0.25) is 9.59 Å². The van der Waals surface area contributed by atoms with Gasteiger partial charge in [0.2, 0.25) is 11.8 Å². The molecular formula is C28H43N3O5. The highest BCUT2D eigenvalue weighted by molar-refractivity contribution is 5.92. The predicted octanol–water partition coefficient (Wildman–Crippen LogP) is 4.27. The van der Waals surface area contributed by atoms with Crippen LogP contribution in [0, 0.1) is 11.8 Å². The average molecular weight is 502 g/mol. The summed E-state index contributed by atoms with van der Waals surface area (Å²) >= 11 is 0. The smallest absolute Gasteiger partial charge is 0.408 e. The molecular weight excluding hydrogens is 458 g/mol. The summed E-state index contributed by atoms with van der Waals surface area (Å²) in [6, 6.07) is 7.15. The minimum absolute atomic E-state index is 0.104. The molecule has 8 heteroatoms. The number of ether oxygens (including phenoxy) is 1. The monoisotopic (exact) mass is 501 g/mol. The number of carbonyl (C=O) groups excluding carboxylic acids is 4. The van der Waals surface area contributed by atoms with Crippen LogP contribution in [0.2, 0.25) is 0 Å². The van der Waals surface area contributed by atoms with E-state index in [0.717, 1.165) is 44.0 Å². The molecule has 36 heavy (non-hydrogen) atoms. The van der Waals surface area contributed by atoms with Gasteiger partial charge in [-0.25, -0.2) is 4.79 Å². The SMILES string of the molecule is CCCC(C=O)NC(=O)[C@H](CC(C)C)NC(=O)C(CC1CCCCC1)NC(=O)OCc1ccccc1. The summed E-state index contributed by atoms with van der Waals surface area (Å²) in [5.74, 6) is -0.324. The van der Waals surface area contributed by atoms with Crippen molar-refractivity contribution < 1.29 is 23.9 Å². The number of hydrogen-bond donors (Lipinski definition) is 3. The van der Waals surface area contributed by atoms with Crippen LogP contribution in [-0.4, -0.2) is 42.3 Å². The fourth-order valence-electron chi connectivity index (χ4n) is 4.64. The van der Waals surface area contributed by atoms with E-state index in [9.17, 15) is 19.2 Å². The van der Waals surface area contributed by atoms with Crippen molar-refractivity contribution in [1.29, 1.82) is 0 Å². The molecule has 1 fully saturated rings. The molecule has 0 radical (unpaired) electrons. The number of benzene rings is 1. The Bertz CT molecular complexity index is 824. The lowest BCUT2D eigenvalue weighted by molar-refractivity contribution is -0.131. The largest absolute Gasteiger partial charge is 0.445 e. The van der Waals surface area contributed by atoms with E-state index in [4.69, 9.17) is 4.74 Å². The summed E-state index contributed by atoms with van der Waals surface area (Å²) in [4.78, 5) is 50.3. The molecule has 1 aliphatic carbocycles. The van der Waals surface area contributed by atoms with Gasteiger partial charge in [-0.05, 0) is 36.7 Å². The molecule has 1 aromatic rings. The third-order valence-corrected chi connectivity index (χ3v) is 6.55. The highest BCUT2D eigenvalue weighted by atomic mass is 16.5. The zero-order chi connectivity index (χ0) is 26.3. The number of alkyl carbamates (subject to hydrolysis) is 1. The normalized spacial score (nSPS) is 16.4. The third-order valence-electron chi connectivity index (χ3n) is 6.55. The molecule has 0 aliphatic heterocycles. The van der Waals surface area contributed by atoms with Crippen molar-refractivity contribution in [1.82, 2.24) is 16.0 Å². The maximum atomic E-state index is 13.4. The Morgan fingerprint density at radius 2 is 1.64 bits per heavy atom. The summed E-state index contributed by atoms with van der Waals surface area (Å²) in [5.41, 5.74) is 0.853. The topological polar surface area (TPSA) is 114 Å². The number of aldehydes is 1. The molecule has 3 amide bonds. The van der Waals surface area contributed by atoms with Crippen LogP contribution in [0.3, 0.4) is 0 Å². The second-order valence-corrected chi connectivity index (χ2v) is 10.2. The summed E-state index contributed by atoms with van der Waals surface area (Å²) in [6.45, 7) is 5.98. The van der Waals surface area contributed by atoms with Crippen LogP contribution in [0.4, 0.5) is 4.79 Å². The van der Waals surface area contributed by atoms with Crippen LogP contribution >= 0.6 is 0 Å². The predicted molar refractivity (Wildman–Crippen MR) is 139 cm³/mol. The van der Waals surface area contributed by atoms with Gasteiger partial charge in [0.25, 0.3) is 0 Å². The van der Waals surface area contributed by atoms with Crippen molar-refractivity contribution in [3.63, 3.8) is 0 Å². The van der Waals surface area contributed by atoms with Crippen molar-refractivity contribution in [3.05, 3.63) is 35.9 Å². The molecule has 0 spiro atoms. The van der Waals surface area contributed by atoms with Crippen LogP contribution in [0.5, 0.6) is 0 Å². The Balaban J connectivity index is 2.08. The maximum absolute atomic E-state index is 13.4. The van der Waals surface area contributed by atoms with Crippen molar-refractivity contribution in [2.45, 2.75) is 103 Å². The first kappa shape index (κ1) is 29.3. The van der Waals surface area contributed by atoms with Gasteiger partial charge < -0.3 is 25.5 Å². The van der Waals surface area contributed by atoms with E-state index in [1.807, 2.05) is 51.1 Å². The lowest BCUT2D eigenvalue weighted by Gasteiger charge is -2.28. The van der Waals surface area contributed by atoms with Gasteiger partial charge >= 0.3 is 6.09 Å². The van der Waals surface area contributed by atoms with E-state index in [-0.39, 0.29) is 18.4 Å². The molecule has 1 aliphatic rings. The first-order chi connectivity index (χ1) is 17.3. The van der Waals surface area contributed by atoms with Gasteiger partial charge in [0.15, 0.2) is 0 Å². The molecule has 8 nitrogen and oxygen atoms in total. The minimum atomic E-state index is -0.809. The highest BCUT2D eigenvalue weighted by Gasteiger charge is 2.30. The van der Waals surface area contributed by atoms with E-state index in [1.165, 1.54) is 6.42 Å². The average Bonchev–Trinajstić information content (AvgIpc) is 2.87. The van der Waals surface area contributed by atoms with E-state index < -0.39 is 30.1 Å². The van der Waals surface area contributed by atoms with E-state index in [2.05, 4.69) is 16.0 Å². The van der Waals surface area contributed by atoms with Gasteiger partial charge in [0.05, 0.1) is 6.04 Å². The van der Waals surface area contributed by atoms with Gasteiger partial charge in [-0.1, -0.05) is 89.6 Å². The van der Waals surface area contributed by atoms with Crippen LogP contribution in [0.1, 0.15) is 84.1 Å². The Kier molecular flexibility index (Phi) is 13.0.